The lowest BCUT2D eigenvalue weighted by Crippen LogP contribution is -2.31. The Morgan fingerprint density at radius 1 is 1.44 bits per heavy atom. The number of rotatable bonds is 5. The smallest absolute Gasteiger partial charge is 0.252 e. The van der Waals surface area contributed by atoms with Crippen molar-refractivity contribution in [2.75, 3.05) is 20.7 Å². The van der Waals surface area contributed by atoms with Crippen LogP contribution in [0, 0.1) is 0 Å². The summed E-state index contributed by atoms with van der Waals surface area (Å²) in [6.07, 6.45) is -2.73. The molecule has 4 nitrogen and oxygen atoms in total. The molecule has 102 valence electrons. The molecule has 0 saturated carbocycles. The Labute approximate surface area is 113 Å². The van der Waals surface area contributed by atoms with Gasteiger partial charge in [0.1, 0.15) is 10.6 Å². The average molecular weight is 344 g/mol. The molecule has 0 atom stereocenters. The summed E-state index contributed by atoms with van der Waals surface area (Å²) in [4.78, 5) is -0.150. The van der Waals surface area contributed by atoms with E-state index in [1.165, 1.54) is 19.2 Å². The van der Waals surface area contributed by atoms with Crippen molar-refractivity contribution >= 4 is 26.0 Å². The van der Waals surface area contributed by atoms with Crippen molar-refractivity contribution in [1.82, 2.24) is 4.31 Å². The fourth-order valence-electron chi connectivity index (χ4n) is 1.31. The molecule has 0 amide bonds. The first-order chi connectivity index (χ1) is 8.28. The molecule has 8 heteroatoms. The van der Waals surface area contributed by atoms with Gasteiger partial charge in [0.15, 0.2) is 0 Å². The highest BCUT2D eigenvalue weighted by atomic mass is 79.9. The highest BCUT2D eigenvalue weighted by Crippen LogP contribution is 2.29. The van der Waals surface area contributed by atoms with E-state index < -0.39 is 23.0 Å². The van der Waals surface area contributed by atoms with E-state index in [2.05, 4.69) is 15.9 Å². The maximum atomic E-state index is 12.2. The summed E-state index contributed by atoms with van der Waals surface area (Å²) in [5.74, 6) is 0.110. The first-order valence-corrected chi connectivity index (χ1v) is 7.10. The van der Waals surface area contributed by atoms with Gasteiger partial charge in [0.2, 0.25) is 10.0 Å². The zero-order valence-corrected chi connectivity index (χ0v) is 12.1. The summed E-state index contributed by atoms with van der Waals surface area (Å²) < 4.78 is 54.7. The van der Waals surface area contributed by atoms with E-state index in [0.717, 1.165) is 7.05 Å². The Morgan fingerprint density at radius 3 is 2.56 bits per heavy atom. The number of hydrogen-bond acceptors (Lipinski definition) is 3. The Balaban J connectivity index is 3.23. The van der Waals surface area contributed by atoms with Gasteiger partial charge in [0.25, 0.3) is 6.43 Å². The van der Waals surface area contributed by atoms with E-state index in [1.54, 1.807) is 6.07 Å². The normalized spacial score (nSPS) is 12.2. The second kappa shape index (κ2) is 5.94. The minimum atomic E-state index is -4.00. The molecule has 18 heavy (non-hydrogen) atoms. The average Bonchev–Trinajstić information content (AvgIpc) is 2.28. The molecule has 0 fully saturated rings. The molecule has 0 N–H and O–H groups in total. The summed E-state index contributed by atoms with van der Waals surface area (Å²) in [6.45, 7) is -0.863. The first-order valence-electron chi connectivity index (χ1n) is 4.87. The van der Waals surface area contributed by atoms with Crippen LogP contribution in [0.3, 0.4) is 0 Å². The molecule has 0 bridgehead atoms. The van der Waals surface area contributed by atoms with Crippen LogP contribution in [-0.2, 0) is 10.0 Å². The van der Waals surface area contributed by atoms with Crippen molar-refractivity contribution in [3.05, 3.63) is 22.7 Å². The monoisotopic (exact) mass is 343 g/mol. The third kappa shape index (κ3) is 3.39. The molecule has 0 radical (unpaired) electrons. The number of sulfonamides is 1. The Kier molecular flexibility index (Phi) is 5.06. The van der Waals surface area contributed by atoms with Crippen LogP contribution in [0.2, 0.25) is 0 Å². The molecule has 1 rings (SSSR count). The van der Waals surface area contributed by atoms with Crippen molar-refractivity contribution in [2.45, 2.75) is 11.3 Å². The standard InChI is InChI=1S/C10H12BrF2NO3S/c1-14(6-10(12)13)18(15,16)9-5-7(11)3-4-8(9)17-2/h3-5,10H,6H2,1-2H3. The van der Waals surface area contributed by atoms with Gasteiger partial charge >= 0.3 is 0 Å². The lowest BCUT2D eigenvalue weighted by molar-refractivity contribution is 0.126. The number of ether oxygens (including phenoxy) is 1. The van der Waals surface area contributed by atoms with E-state index >= 15 is 0 Å². The summed E-state index contributed by atoms with van der Waals surface area (Å²) in [5, 5.41) is 0. The largest absolute Gasteiger partial charge is 0.495 e. The minimum Gasteiger partial charge on any atom is -0.495 e. The Morgan fingerprint density at radius 2 is 2.06 bits per heavy atom. The lowest BCUT2D eigenvalue weighted by Gasteiger charge is -2.18. The third-order valence-electron chi connectivity index (χ3n) is 2.21. The van der Waals surface area contributed by atoms with Crippen molar-refractivity contribution in [2.24, 2.45) is 0 Å². The SMILES string of the molecule is COc1ccc(Br)cc1S(=O)(=O)N(C)CC(F)F. The quantitative estimate of drug-likeness (QED) is 0.824. The molecule has 1 aromatic carbocycles. The van der Waals surface area contributed by atoms with Crippen molar-refractivity contribution < 1.29 is 21.9 Å². The lowest BCUT2D eigenvalue weighted by atomic mass is 10.3. The van der Waals surface area contributed by atoms with E-state index in [1.807, 2.05) is 0 Å². The van der Waals surface area contributed by atoms with Gasteiger partial charge in [-0.25, -0.2) is 17.2 Å². The molecule has 0 aliphatic carbocycles. The van der Waals surface area contributed by atoms with Crippen molar-refractivity contribution in [3.8, 4) is 5.75 Å². The van der Waals surface area contributed by atoms with Crippen LogP contribution in [0.4, 0.5) is 8.78 Å². The van der Waals surface area contributed by atoms with Crippen LogP contribution in [0.5, 0.6) is 5.75 Å². The van der Waals surface area contributed by atoms with Gasteiger partial charge in [-0.1, -0.05) is 15.9 Å². The van der Waals surface area contributed by atoms with Gasteiger partial charge < -0.3 is 4.74 Å². The number of benzene rings is 1. The van der Waals surface area contributed by atoms with E-state index in [0.29, 0.717) is 8.78 Å². The number of halogens is 3. The minimum absolute atomic E-state index is 0.110. The van der Waals surface area contributed by atoms with Crippen LogP contribution in [0.1, 0.15) is 0 Å². The molecule has 0 aromatic heterocycles. The van der Waals surface area contributed by atoms with Crippen LogP contribution < -0.4 is 4.74 Å². The van der Waals surface area contributed by atoms with Gasteiger partial charge in [0.05, 0.1) is 13.7 Å². The second-order valence-corrected chi connectivity index (χ2v) is 6.40. The second-order valence-electron chi connectivity index (χ2n) is 3.47. The molecule has 0 aliphatic heterocycles. The molecule has 0 unspecified atom stereocenters. The zero-order chi connectivity index (χ0) is 13.9. The predicted molar refractivity (Wildman–Crippen MR) is 66.5 cm³/mol. The number of hydrogen-bond donors (Lipinski definition) is 0. The molecule has 0 heterocycles. The fourth-order valence-corrected chi connectivity index (χ4v) is 3.15. The third-order valence-corrected chi connectivity index (χ3v) is 4.55. The van der Waals surface area contributed by atoms with Crippen molar-refractivity contribution in [1.29, 1.82) is 0 Å². The molecule has 1 aromatic rings. The van der Waals surface area contributed by atoms with Crippen molar-refractivity contribution in [3.63, 3.8) is 0 Å². The predicted octanol–water partition coefficient (Wildman–Crippen LogP) is 2.34. The number of methoxy groups -OCH3 is 1. The van der Waals surface area contributed by atoms with Crippen LogP contribution in [0.15, 0.2) is 27.6 Å². The van der Waals surface area contributed by atoms with Gasteiger partial charge in [-0.2, -0.15) is 4.31 Å². The van der Waals surface area contributed by atoms with E-state index in [9.17, 15) is 17.2 Å². The zero-order valence-electron chi connectivity index (χ0n) is 9.73. The Bertz CT molecular complexity index is 522. The Hall–Kier alpha value is -0.730. The van der Waals surface area contributed by atoms with Crippen LogP contribution in [-0.4, -0.2) is 39.9 Å². The summed E-state index contributed by atoms with van der Waals surface area (Å²) in [6, 6.07) is 4.37. The van der Waals surface area contributed by atoms with Gasteiger partial charge in [-0.15, -0.1) is 0 Å². The summed E-state index contributed by atoms with van der Waals surface area (Å²) >= 11 is 3.13. The number of alkyl halides is 2. The molecular weight excluding hydrogens is 332 g/mol. The van der Waals surface area contributed by atoms with Crippen LogP contribution >= 0.6 is 15.9 Å². The molecule has 0 spiro atoms. The first kappa shape index (κ1) is 15.3. The highest BCUT2D eigenvalue weighted by molar-refractivity contribution is 9.10. The highest BCUT2D eigenvalue weighted by Gasteiger charge is 2.27. The maximum absolute atomic E-state index is 12.2. The van der Waals surface area contributed by atoms with Crippen LogP contribution in [0.25, 0.3) is 0 Å². The maximum Gasteiger partial charge on any atom is 0.252 e. The van der Waals surface area contributed by atoms with Gasteiger partial charge in [-0.3, -0.25) is 0 Å². The van der Waals surface area contributed by atoms with E-state index in [4.69, 9.17) is 4.74 Å². The topological polar surface area (TPSA) is 46.6 Å². The molecule has 0 saturated heterocycles. The van der Waals surface area contributed by atoms with E-state index in [-0.39, 0.29) is 10.6 Å². The van der Waals surface area contributed by atoms with Gasteiger partial charge in [-0.05, 0) is 18.2 Å². The van der Waals surface area contributed by atoms with Gasteiger partial charge in [0, 0.05) is 11.5 Å². The molecular formula is C10H12BrF2NO3S. The summed E-state index contributed by atoms with van der Waals surface area (Å²) in [5.41, 5.74) is 0. The summed E-state index contributed by atoms with van der Waals surface area (Å²) in [7, 11) is -1.59. The molecule has 0 aliphatic rings. The fraction of sp³-hybridized carbons (Fsp3) is 0.400. The number of nitrogens with zero attached hydrogens (tertiary/aromatic N) is 1.